The number of aromatic nitrogens is 2. The van der Waals surface area contributed by atoms with E-state index in [0.29, 0.717) is 31.7 Å². The Hall–Kier alpha value is -3.55. The minimum absolute atomic E-state index is 0. The van der Waals surface area contributed by atoms with Gasteiger partial charge in [-0.05, 0) is 47.4 Å². The molecule has 0 bridgehead atoms. The fourth-order valence-electron chi connectivity index (χ4n) is 5.79. The lowest BCUT2D eigenvalue weighted by Crippen LogP contribution is -2.36. The molecule has 0 radical (unpaired) electrons. The van der Waals surface area contributed by atoms with E-state index in [1.54, 1.807) is 6.33 Å². The van der Waals surface area contributed by atoms with Crippen molar-refractivity contribution < 1.29 is 9.59 Å². The van der Waals surface area contributed by atoms with Gasteiger partial charge in [0.05, 0.1) is 18.6 Å². The zero-order valence-electron chi connectivity index (χ0n) is 22.3. The SMILES string of the molecule is Cl.Cl.O=C(NC1CCCCC1)c1ccc2c(c1)N(Cc1cnc[nH]1)CCN(C(=O)c1cccc3ccccc13)C2. The van der Waals surface area contributed by atoms with Crippen molar-refractivity contribution in [2.75, 3.05) is 18.0 Å². The Bertz CT molecular complexity index is 1450. The number of benzene rings is 3. The molecule has 1 fully saturated rings. The molecule has 2 heterocycles. The second-order valence-corrected chi connectivity index (χ2v) is 10.4. The molecule has 1 saturated carbocycles. The van der Waals surface area contributed by atoms with Crippen LogP contribution >= 0.6 is 24.8 Å². The summed E-state index contributed by atoms with van der Waals surface area (Å²) >= 11 is 0. The summed E-state index contributed by atoms with van der Waals surface area (Å²) in [5, 5.41) is 5.27. The summed E-state index contributed by atoms with van der Waals surface area (Å²) < 4.78 is 0. The molecule has 0 unspecified atom stereocenters. The lowest BCUT2D eigenvalue weighted by atomic mass is 9.95. The molecular weight excluding hydrogens is 545 g/mol. The summed E-state index contributed by atoms with van der Waals surface area (Å²) in [6.07, 6.45) is 9.20. The van der Waals surface area contributed by atoms with E-state index in [1.807, 2.05) is 71.8 Å². The molecule has 0 spiro atoms. The first-order valence-corrected chi connectivity index (χ1v) is 13.6. The summed E-state index contributed by atoms with van der Waals surface area (Å²) in [6.45, 7) is 2.34. The second kappa shape index (κ2) is 13.2. The fraction of sp³-hybridized carbons (Fsp3) is 0.323. The zero-order valence-corrected chi connectivity index (χ0v) is 24.0. The largest absolute Gasteiger partial charge is 0.364 e. The van der Waals surface area contributed by atoms with Gasteiger partial charge in [0.25, 0.3) is 11.8 Å². The number of carbonyl (C=O) groups is 2. The maximum absolute atomic E-state index is 13.8. The van der Waals surface area contributed by atoms with Gasteiger partial charge in [-0.25, -0.2) is 4.98 Å². The number of amides is 2. The minimum atomic E-state index is -0.0193. The Kier molecular flexibility index (Phi) is 9.71. The topological polar surface area (TPSA) is 81.3 Å². The van der Waals surface area contributed by atoms with Crippen molar-refractivity contribution in [1.29, 1.82) is 0 Å². The third-order valence-electron chi connectivity index (χ3n) is 7.85. The molecular formula is C31H35Cl2N5O2. The average Bonchev–Trinajstić information content (AvgIpc) is 3.40. The molecule has 0 atom stereocenters. The highest BCUT2D eigenvalue weighted by molar-refractivity contribution is 6.07. The van der Waals surface area contributed by atoms with Crippen LogP contribution in [0.1, 0.15) is 64.1 Å². The highest BCUT2D eigenvalue weighted by atomic mass is 35.5. The first kappa shape index (κ1) is 29.4. The number of fused-ring (bicyclic) bond motifs is 2. The van der Waals surface area contributed by atoms with Crippen LogP contribution < -0.4 is 10.2 Å². The van der Waals surface area contributed by atoms with E-state index >= 15 is 0 Å². The fourth-order valence-corrected chi connectivity index (χ4v) is 5.79. The van der Waals surface area contributed by atoms with Gasteiger partial charge >= 0.3 is 0 Å². The maximum Gasteiger partial charge on any atom is 0.254 e. The molecule has 40 heavy (non-hydrogen) atoms. The highest BCUT2D eigenvalue weighted by Crippen LogP contribution is 2.30. The first-order chi connectivity index (χ1) is 18.7. The molecule has 2 N–H and O–H groups in total. The zero-order chi connectivity index (χ0) is 25.9. The number of aromatic amines is 1. The normalized spacial score (nSPS) is 15.4. The van der Waals surface area contributed by atoms with Crippen molar-refractivity contribution in [2.24, 2.45) is 0 Å². The van der Waals surface area contributed by atoms with Gasteiger partial charge in [0.2, 0.25) is 0 Å². The third kappa shape index (κ3) is 6.26. The van der Waals surface area contributed by atoms with Gasteiger partial charge in [-0.2, -0.15) is 0 Å². The van der Waals surface area contributed by atoms with Gasteiger partial charge in [-0.15, -0.1) is 24.8 Å². The molecule has 1 aliphatic heterocycles. The van der Waals surface area contributed by atoms with E-state index in [1.165, 1.54) is 19.3 Å². The monoisotopic (exact) mass is 579 g/mol. The van der Waals surface area contributed by atoms with Crippen LogP contribution in [0.25, 0.3) is 10.8 Å². The molecule has 4 aromatic rings. The number of H-pyrrole nitrogens is 1. The van der Waals surface area contributed by atoms with Gasteiger partial charge in [0.1, 0.15) is 0 Å². The van der Waals surface area contributed by atoms with Gasteiger partial charge in [0, 0.05) is 48.7 Å². The summed E-state index contributed by atoms with van der Waals surface area (Å²) in [4.78, 5) is 38.5. The number of nitrogens with one attached hydrogen (secondary N) is 2. The lowest BCUT2D eigenvalue weighted by molar-refractivity contribution is 0.0753. The number of hydrogen-bond donors (Lipinski definition) is 2. The summed E-state index contributed by atoms with van der Waals surface area (Å²) in [7, 11) is 0. The van der Waals surface area contributed by atoms with Crippen molar-refractivity contribution in [3.8, 4) is 0 Å². The molecule has 1 aliphatic carbocycles. The maximum atomic E-state index is 13.8. The van der Waals surface area contributed by atoms with Gasteiger partial charge < -0.3 is 20.1 Å². The smallest absolute Gasteiger partial charge is 0.254 e. The van der Waals surface area contributed by atoms with Crippen LogP contribution in [0.3, 0.4) is 0 Å². The number of anilines is 1. The number of rotatable bonds is 5. The van der Waals surface area contributed by atoms with Crippen LogP contribution in [-0.2, 0) is 13.1 Å². The molecule has 7 nitrogen and oxygen atoms in total. The van der Waals surface area contributed by atoms with Crippen LogP contribution in [0.2, 0.25) is 0 Å². The van der Waals surface area contributed by atoms with Crippen LogP contribution in [0.5, 0.6) is 0 Å². The molecule has 210 valence electrons. The number of carbonyl (C=O) groups excluding carboxylic acids is 2. The van der Waals surface area contributed by atoms with E-state index in [9.17, 15) is 9.59 Å². The quantitative estimate of drug-likeness (QED) is 0.298. The number of nitrogens with zero attached hydrogens (tertiary/aromatic N) is 3. The number of hydrogen-bond acceptors (Lipinski definition) is 4. The number of imidazole rings is 1. The lowest BCUT2D eigenvalue weighted by Gasteiger charge is -2.25. The van der Waals surface area contributed by atoms with E-state index < -0.39 is 0 Å². The van der Waals surface area contributed by atoms with Crippen molar-refractivity contribution in [2.45, 2.75) is 51.2 Å². The Balaban J connectivity index is 0.00000185. The minimum Gasteiger partial charge on any atom is -0.364 e. The predicted octanol–water partition coefficient (Wildman–Crippen LogP) is 6.13. The molecule has 3 aromatic carbocycles. The summed E-state index contributed by atoms with van der Waals surface area (Å²) in [6, 6.07) is 20.1. The van der Waals surface area contributed by atoms with E-state index in [4.69, 9.17) is 0 Å². The summed E-state index contributed by atoms with van der Waals surface area (Å²) in [5.41, 5.74) is 4.39. The van der Waals surface area contributed by atoms with Crippen LogP contribution in [-0.4, -0.2) is 45.8 Å². The van der Waals surface area contributed by atoms with Crippen LogP contribution in [0, 0.1) is 0 Å². The molecule has 9 heteroatoms. The van der Waals surface area contributed by atoms with Gasteiger partial charge in [-0.3, -0.25) is 9.59 Å². The third-order valence-corrected chi connectivity index (χ3v) is 7.85. The van der Waals surface area contributed by atoms with E-state index in [2.05, 4.69) is 20.2 Å². The molecule has 2 amide bonds. The standard InChI is InChI=1S/C31H33N5O2.2ClH/c37-30(34-25-9-2-1-3-10-25)23-13-14-24-19-36(16-15-35(29(24)17-23)20-26-18-32-21-33-26)31(38)28-12-6-8-22-7-4-5-11-27(22)28;;/h4-8,11-14,17-18,21,25H,1-3,9-10,15-16,19-20H2,(H,32,33)(H,34,37);2*1H. The highest BCUT2D eigenvalue weighted by Gasteiger charge is 2.26. The molecule has 2 aliphatic rings. The Labute approximate surface area is 247 Å². The van der Waals surface area contributed by atoms with E-state index in [0.717, 1.165) is 46.1 Å². The van der Waals surface area contributed by atoms with Gasteiger partial charge in [0.15, 0.2) is 0 Å². The Morgan fingerprint density at radius 3 is 2.55 bits per heavy atom. The van der Waals surface area contributed by atoms with Crippen molar-refractivity contribution in [3.63, 3.8) is 0 Å². The molecule has 0 saturated heterocycles. The van der Waals surface area contributed by atoms with Gasteiger partial charge in [-0.1, -0.05) is 61.7 Å². The predicted molar refractivity (Wildman–Crippen MR) is 164 cm³/mol. The average molecular weight is 581 g/mol. The van der Waals surface area contributed by atoms with Crippen LogP contribution in [0.15, 0.2) is 73.2 Å². The Morgan fingerprint density at radius 1 is 0.950 bits per heavy atom. The van der Waals surface area contributed by atoms with Crippen molar-refractivity contribution in [1.82, 2.24) is 20.2 Å². The molecule has 6 rings (SSSR count). The van der Waals surface area contributed by atoms with Crippen molar-refractivity contribution >= 4 is 53.1 Å². The second-order valence-electron chi connectivity index (χ2n) is 10.4. The number of halogens is 2. The van der Waals surface area contributed by atoms with Crippen LogP contribution in [0.4, 0.5) is 5.69 Å². The summed E-state index contributed by atoms with van der Waals surface area (Å²) in [5.74, 6) is 0.00406. The van der Waals surface area contributed by atoms with Crippen molar-refractivity contribution in [3.05, 3.63) is 95.6 Å². The Morgan fingerprint density at radius 2 is 1.75 bits per heavy atom. The first-order valence-electron chi connectivity index (χ1n) is 13.6. The molecule has 1 aromatic heterocycles. The van der Waals surface area contributed by atoms with E-state index in [-0.39, 0.29) is 42.7 Å².